The first kappa shape index (κ1) is 70.0. The Morgan fingerprint density at radius 2 is 1.20 bits per heavy atom. The van der Waals surface area contributed by atoms with Crippen LogP contribution < -0.4 is 4.90 Å². The highest BCUT2D eigenvalue weighted by Crippen LogP contribution is 2.54. The molecule has 2 unspecified atom stereocenters. The van der Waals surface area contributed by atoms with Crippen molar-refractivity contribution in [3.63, 3.8) is 0 Å². The van der Waals surface area contributed by atoms with Gasteiger partial charge in [-0.2, -0.15) is 46.7 Å². The molecule has 0 spiro atoms. The van der Waals surface area contributed by atoms with Crippen LogP contribution in [0.25, 0.3) is 21.5 Å². The standard InChI is InChI=1S/C58H68ClN3O23S5/c1-5-60-45-16-14-41-43(33-39(87(69,70)71)35-47(41)89(75,76)77)54(45)57(2,22-8-32-86(66,67)68)49(60)18-12-37-9-6-10-38(56(37)59)13-19-50-58(3,23-25-82-28-29-84-31-30-83-27-26-81-4)55-44-34-40(88(72,73)74)36-48(90(78,79)80)42(44)15-17-46(55)61(50)24-7-11-53(65)85-62-51(63)20-21-52(62)64/h12-19,33-36H,5-11,20-32H2,1-4H3,(H4-,66,67,68,69,70,71,72,73,74,75,76,77,78,79,80)/p+1. The Morgan fingerprint density at radius 3 is 1.74 bits per heavy atom. The molecule has 3 heterocycles. The lowest BCUT2D eigenvalue weighted by Crippen LogP contribution is -2.33. The smallest absolute Gasteiger partial charge is 0.333 e. The number of fused-ring (bicyclic) bond motifs is 6. The second-order valence-electron chi connectivity index (χ2n) is 22.2. The van der Waals surface area contributed by atoms with Crippen molar-refractivity contribution in [1.29, 1.82) is 0 Å². The van der Waals surface area contributed by atoms with Crippen LogP contribution in [-0.4, -0.2) is 170 Å². The van der Waals surface area contributed by atoms with Gasteiger partial charge < -0.3 is 28.7 Å². The molecule has 1 aliphatic carbocycles. The molecule has 0 bridgehead atoms. The predicted molar refractivity (Wildman–Crippen MR) is 328 cm³/mol. The first-order chi connectivity index (χ1) is 42.1. The van der Waals surface area contributed by atoms with Crippen LogP contribution in [0.15, 0.2) is 114 Å². The maximum atomic E-state index is 13.2. The lowest BCUT2D eigenvalue weighted by atomic mass is 9.74. The number of ether oxygens (including phenoxy) is 4. The summed E-state index contributed by atoms with van der Waals surface area (Å²) in [5.41, 5.74) is 1.15. The Bertz CT molecular complexity index is 4300. The fourth-order valence-corrected chi connectivity index (χ4v) is 15.6. The van der Waals surface area contributed by atoms with Gasteiger partial charge in [-0.15, -0.1) is 5.06 Å². The van der Waals surface area contributed by atoms with Crippen LogP contribution in [-0.2, 0) is 99.6 Å². The second kappa shape index (κ2) is 27.8. The van der Waals surface area contributed by atoms with Crippen LogP contribution in [0.1, 0.15) is 96.1 Å². The summed E-state index contributed by atoms with van der Waals surface area (Å²) >= 11 is 7.40. The number of nitrogens with zero attached hydrogens (tertiary/aromatic N) is 3. The van der Waals surface area contributed by atoms with Crippen LogP contribution in [0.4, 0.5) is 11.4 Å². The SMILES string of the molecule is CC[N+]1=C(/C=C/C2=C(Cl)C(=C/C=C3/N(CCCC(=O)ON4C(=O)CCC4=O)c4ccc5c(S(=O)(=O)O)cc(S(=O)(=O)O)cc5c4C3(C)CCOCCOCCOCCOC)/CCC2)C(C)(CCCS(=O)(=O)O)c2c1ccc1c(S(=O)(=O)O)cc(S(=O)(=O)O)cc21. The van der Waals surface area contributed by atoms with Gasteiger partial charge in [-0.25, -0.2) is 4.79 Å². The van der Waals surface area contributed by atoms with Gasteiger partial charge in [-0.1, -0.05) is 29.8 Å². The third kappa shape index (κ3) is 15.4. The van der Waals surface area contributed by atoms with Crippen molar-refractivity contribution in [2.24, 2.45) is 0 Å². The van der Waals surface area contributed by atoms with Gasteiger partial charge in [0.2, 0.25) is 5.69 Å². The highest BCUT2D eigenvalue weighted by atomic mass is 35.5. The lowest BCUT2D eigenvalue weighted by Gasteiger charge is -2.31. The zero-order valence-corrected chi connectivity index (χ0v) is 54.3. The maximum absolute atomic E-state index is 13.2. The van der Waals surface area contributed by atoms with Crippen molar-refractivity contribution >= 4 is 119 Å². The van der Waals surface area contributed by atoms with Crippen LogP contribution in [0.2, 0.25) is 0 Å². The number of hydrogen-bond donors (Lipinski definition) is 5. The number of amides is 2. The minimum absolute atomic E-state index is 0.00339. The van der Waals surface area contributed by atoms with Crippen molar-refractivity contribution in [1.82, 2.24) is 5.06 Å². The molecule has 490 valence electrons. The third-order valence-corrected chi connectivity index (χ3v) is 21.0. The molecule has 0 aromatic heterocycles. The number of carbonyl (C=O) groups is 3. The van der Waals surface area contributed by atoms with Gasteiger partial charge in [0.1, 0.15) is 16.3 Å². The Labute approximate surface area is 526 Å². The zero-order valence-electron chi connectivity index (χ0n) is 49.4. The molecule has 2 atom stereocenters. The van der Waals surface area contributed by atoms with E-state index in [0.717, 1.165) is 12.1 Å². The number of carbonyl (C=O) groups excluding carboxylic acids is 3. The Hall–Kier alpha value is -5.88. The monoisotopic (exact) mass is 1370 g/mol. The van der Waals surface area contributed by atoms with Crippen molar-refractivity contribution < 1.29 is 108 Å². The number of benzene rings is 4. The fourth-order valence-electron chi connectivity index (χ4n) is 12.1. The first-order valence-electron chi connectivity index (χ1n) is 28.4. The predicted octanol–water partition coefficient (Wildman–Crippen LogP) is 7.32. The number of hydrogen-bond acceptors (Lipinski definition) is 19. The molecule has 26 nitrogen and oxygen atoms in total. The number of halogens is 1. The summed E-state index contributed by atoms with van der Waals surface area (Å²) in [6.45, 7) is 7.20. The van der Waals surface area contributed by atoms with E-state index in [2.05, 4.69) is 0 Å². The van der Waals surface area contributed by atoms with Crippen LogP contribution >= 0.6 is 11.6 Å². The third-order valence-electron chi connectivity index (χ3n) is 16.3. The van der Waals surface area contributed by atoms with E-state index in [1.807, 2.05) is 16.4 Å². The first-order valence-corrected chi connectivity index (χ1v) is 36.2. The molecule has 2 amide bonds. The largest absolute Gasteiger partial charge is 0.382 e. The Balaban J connectivity index is 1.24. The topological polar surface area (TPSA) is 379 Å². The number of anilines is 1. The van der Waals surface area contributed by atoms with Gasteiger partial charge >= 0.3 is 5.97 Å². The number of imide groups is 1. The summed E-state index contributed by atoms with van der Waals surface area (Å²) in [5, 5.41) is 0.533. The molecule has 5 N–H and O–H groups in total. The summed E-state index contributed by atoms with van der Waals surface area (Å²) in [5.74, 6) is -2.95. The van der Waals surface area contributed by atoms with Crippen molar-refractivity contribution in [3.05, 3.63) is 106 Å². The van der Waals surface area contributed by atoms with E-state index in [1.165, 1.54) is 12.1 Å². The van der Waals surface area contributed by atoms with Crippen molar-refractivity contribution in [2.75, 3.05) is 77.1 Å². The maximum Gasteiger partial charge on any atom is 0.333 e. The number of rotatable bonds is 29. The molecule has 1 fully saturated rings. The Morgan fingerprint density at radius 1 is 0.644 bits per heavy atom. The molecule has 8 rings (SSSR count). The van der Waals surface area contributed by atoms with E-state index in [9.17, 15) is 79.2 Å². The van der Waals surface area contributed by atoms with Gasteiger partial charge in [0.25, 0.3) is 62.4 Å². The van der Waals surface area contributed by atoms with Gasteiger partial charge in [0.15, 0.2) is 5.71 Å². The van der Waals surface area contributed by atoms with E-state index in [4.69, 9.17) is 35.4 Å². The molecule has 4 aromatic carbocycles. The minimum Gasteiger partial charge on any atom is -0.382 e. The van der Waals surface area contributed by atoms with E-state index in [0.29, 0.717) is 106 Å². The molecule has 0 saturated carbocycles. The number of allylic oxidation sites excluding steroid dienone is 8. The van der Waals surface area contributed by atoms with E-state index >= 15 is 0 Å². The summed E-state index contributed by atoms with van der Waals surface area (Å²) in [6, 6.07) is 9.30. The zero-order chi connectivity index (χ0) is 65.9. The molecule has 4 aliphatic rings. The van der Waals surface area contributed by atoms with Crippen LogP contribution in [0.3, 0.4) is 0 Å². The van der Waals surface area contributed by atoms with Crippen molar-refractivity contribution in [2.45, 2.75) is 115 Å². The normalized spacial score (nSPS) is 20.3. The fraction of sp³-hybridized carbons (Fsp3) is 0.448. The van der Waals surface area contributed by atoms with E-state index in [1.54, 1.807) is 57.4 Å². The van der Waals surface area contributed by atoms with E-state index < -0.39 is 105 Å². The average Bonchev–Trinajstić information content (AvgIpc) is 1.52. The molecule has 90 heavy (non-hydrogen) atoms. The summed E-state index contributed by atoms with van der Waals surface area (Å²) in [4.78, 5) is 41.6. The molecule has 1 saturated heterocycles. The van der Waals surface area contributed by atoms with Gasteiger partial charge in [-0.05, 0) is 136 Å². The minimum atomic E-state index is -5.17. The molecular weight excluding hydrogens is 1300 g/mol. The van der Waals surface area contributed by atoms with Crippen LogP contribution in [0, 0.1) is 0 Å². The summed E-state index contributed by atoms with van der Waals surface area (Å²) in [6.07, 6.45) is 7.76. The van der Waals surface area contributed by atoms with Gasteiger partial charge in [0.05, 0.1) is 60.6 Å². The van der Waals surface area contributed by atoms with Crippen LogP contribution in [0.5, 0.6) is 0 Å². The molecule has 4 aromatic rings. The van der Waals surface area contributed by atoms with E-state index in [-0.39, 0.29) is 106 Å². The molecule has 32 heteroatoms. The Kier molecular flexibility index (Phi) is 21.6. The van der Waals surface area contributed by atoms with Gasteiger partial charge in [-0.3, -0.25) is 32.4 Å². The van der Waals surface area contributed by atoms with Crippen molar-refractivity contribution in [3.8, 4) is 0 Å². The molecule has 3 aliphatic heterocycles. The molecular formula is C58H69ClN3O23S5+. The number of hydroxylamine groups is 2. The van der Waals surface area contributed by atoms with Gasteiger partial charge in [0, 0.05) is 89.8 Å². The number of methoxy groups -OCH3 is 1. The quantitative estimate of drug-likeness (QED) is 0.0154. The molecule has 0 radical (unpaired) electrons. The second-order valence-corrected chi connectivity index (χ2v) is 29.8. The summed E-state index contributed by atoms with van der Waals surface area (Å²) < 4.78 is 202. The summed E-state index contributed by atoms with van der Waals surface area (Å²) in [7, 11) is -23.5. The average molecular weight is 1370 g/mol. The highest BCUT2D eigenvalue weighted by Gasteiger charge is 2.50. The highest BCUT2D eigenvalue weighted by molar-refractivity contribution is 7.87. The lowest BCUT2D eigenvalue weighted by molar-refractivity contribution is -0.433.